The molecule has 0 bridgehead atoms. The number of rotatable bonds is 9. The first kappa shape index (κ1) is 24.5. The van der Waals surface area contributed by atoms with E-state index in [1.54, 1.807) is 0 Å². The number of imidazole rings is 1. The Labute approximate surface area is 206 Å². The number of hydrogen-bond donors (Lipinski definition) is 2. The Kier molecular flexibility index (Phi) is 7.42. The van der Waals surface area contributed by atoms with Gasteiger partial charge in [0.25, 0.3) is 0 Å². The second-order valence-electron chi connectivity index (χ2n) is 10.2. The number of hydrogen-bond acceptors (Lipinski definition) is 7. The summed E-state index contributed by atoms with van der Waals surface area (Å²) in [6, 6.07) is 8.38. The van der Waals surface area contributed by atoms with Crippen LogP contribution in [0.4, 0.5) is 10.9 Å². The number of aryl methyl sites for hydroxylation is 1. The van der Waals surface area contributed by atoms with E-state index in [0.29, 0.717) is 6.54 Å². The van der Waals surface area contributed by atoms with Gasteiger partial charge in [-0.05, 0) is 66.6 Å². The highest BCUT2D eigenvalue weighted by molar-refractivity contribution is 7.20. The second-order valence-corrected chi connectivity index (χ2v) is 11.2. The number of benzene rings is 1. The van der Waals surface area contributed by atoms with Crippen LogP contribution in [0, 0.1) is 6.92 Å². The minimum absolute atomic E-state index is 0.0187. The molecule has 0 aliphatic carbocycles. The standard InChI is InChI=1S/C25H37N7OS/c1-18-9-11-19(12-10-18)21-22(28-25(2,3)4)32-23(27-21)34-24(29-32)30(5)17-20(33)26-13-8-16-31-14-6-7-15-31/h9-12,28H,6-8,13-17H2,1-5H3,(H,26,33). The van der Waals surface area contributed by atoms with E-state index in [4.69, 9.17) is 10.1 Å². The van der Waals surface area contributed by atoms with Gasteiger partial charge in [-0.25, -0.2) is 4.98 Å². The van der Waals surface area contributed by atoms with Gasteiger partial charge in [0.15, 0.2) is 5.82 Å². The molecule has 0 atom stereocenters. The molecule has 34 heavy (non-hydrogen) atoms. The molecular formula is C25H37N7OS. The molecule has 0 radical (unpaired) electrons. The quantitative estimate of drug-likeness (QED) is 0.448. The molecule has 9 heteroatoms. The lowest BCUT2D eigenvalue weighted by molar-refractivity contribution is -0.119. The Morgan fingerprint density at radius 2 is 1.88 bits per heavy atom. The zero-order chi connectivity index (χ0) is 24.3. The normalized spacial score (nSPS) is 14.6. The summed E-state index contributed by atoms with van der Waals surface area (Å²) in [4.78, 5) is 22.5. The summed E-state index contributed by atoms with van der Waals surface area (Å²) in [5, 5.41) is 12.2. The van der Waals surface area contributed by atoms with Crippen molar-refractivity contribution in [1.82, 2.24) is 24.8 Å². The Morgan fingerprint density at radius 1 is 1.18 bits per heavy atom. The Hall–Kier alpha value is -2.65. The van der Waals surface area contributed by atoms with E-state index in [0.717, 1.165) is 40.1 Å². The van der Waals surface area contributed by atoms with E-state index in [-0.39, 0.29) is 18.0 Å². The summed E-state index contributed by atoms with van der Waals surface area (Å²) in [6.07, 6.45) is 3.59. The van der Waals surface area contributed by atoms with Crippen molar-refractivity contribution < 1.29 is 4.79 Å². The Bertz CT molecular complexity index is 1110. The number of nitrogens with zero attached hydrogens (tertiary/aromatic N) is 5. The van der Waals surface area contributed by atoms with Crippen LogP contribution in [0.5, 0.6) is 0 Å². The average Bonchev–Trinajstić information content (AvgIpc) is 3.49. The van der Waals surface area contributed by atoms with E-state index in [9.17, 15) is 4.79 Å². The van der Waals surface area contributed by atoms with Crippen molar-refractivity contribution in [3.63, 3.8) is 0 Å². The van der Waals surface area contributed by atoms with Crippen LogP contribution in [-0.4, -0.2) is 70.7 Å². The maximum Gasteiger partial charge on any atom is 0.239 e. The molecule has 184 valence electrons. The van der Waals surface area contributed by atoms with Crippen molar-refractivity contribution in [2.24, 2.45) is 0 Å². The Balaban J connectivity index is 1.44. The summed E-state index contributed by atoms with van der Waals surface area (Å²) < 4.78 is 1.87. The van der Waals surface area contributed by atoms with Gasteiger partial charge in [-0.1, -0.05) is 41.2 Å². The fraction of sp³-hybridized carbons (Fsp3) is 0.560. The highest BCUT2D eigenvalue weighted by atomic mass is 32.1. The molecular weight excluding hydrogens is 446 g/mol. The third kappa shape index (κ3) is 6.07. The molecule has 1 aliphatic heterocycles. The lowest BCUT2D eigenvalue weighted by Gasteiger charge is -2.22. The molecule has 1 aliphatic rings. The van der Waals surface area contributed by atoms with Crippen molar-refractivity contribution in [3.05, 3.63) is 29.8 Å². The van der Waals surface area contributed by atoms with Crippen molar-refractivity contribution in [2.45, 2.75) is 52.5 Å². The molecule has 2 N–H and O–H groups in total. The minimum Gasteiger partial charge on any atom is -0.364 e. The monoisotopic (exact) mass is 483 g/mol. The van der Waals surface area contributed by atoms with E-state index in [1.165, 1.54) is 42.8 Å². The molecule has 3 aromatic rings. The highest BCUT2D eigenvalue weighted by Gasteiger charge is 2.23. The number of likely N-dealkylation sites (tertiary alicyclic amines) is 1. The fourth-order valence-corrected chi connectivity index (χ4v) is 5.01. The maximum absolute atomic E-state index is 12.5. The molecule has 0 unspecified atom stereocenters. The summed E-state index contributed by atoms with van der Waals surface area (Å²) >= 11 is 1.49. The summed E-state index contributed by atoms with van der Waals surface area (Å²) in [7, 11) is 1.90. The van der Waals surface area contributed by atoms with Crippen molar-refractivity contribution >= 4 is 33.2 Å². The molecule has 1 aromatic carbocycles. The van der Waals surface area contributed by atoms with Gasteiger partial charge in [0, 0.05) is 24.7 Å². The molecule has 3 heterocycles. The van der Waals surface area contributed by atoms with Crippen LogP contribution in [0.3, 0.4) is 0 Å². The van der Waals surface area contributed by atoms with Gasteiger partial charge in [-0.2, -0.15) is 4.52 Å². The van der Waals surface area contributed by atoms with Crippen LogP contribution >= 0.6 is 11.3 Å². The maximum atomic E-state index is 12.5. The summed E-state index contributed by atoms with van der Waals surface area (Å²) in [5.41, 5.74) is 3.00. The minimum atomic E-state index is -0.153. The first-order valence-corrected chi connectivity index (χ1v) is 13.0. The van der Waals surface area contributed by atoms with Crippen molar-refractivity contribution in [3.8, 4) is 11.3 Å². The molecule has 1 amide bonds. The number of nitrogens with one attached hydrogen (secondary N) is 2. The zero-order valence-corrected chi connectivity index (χ0v) is 21.8. The highest BCUT2D eigenvalue weighted by Crippen LogP contribution is 2.34. The van der Waals surface area contributed by atoms with Gasteiger partial charge in [-0.3, -0.25) is 4.79 Å². The van der Waals surface area contributed by atoms with Crippen molar-refractivity contribution in [2.75, 3.05) is 50.0 Å². The van der Waals surface area contributed by atoms with E-state index in [1.807, 2.05) is 16.5 Å². The van der Waals surface area contributed by atoms with Crippen LogP contribution in [0.1, 0.15) is 45.6 Å². The van der Waals surface area contributed by atoms with Crippen LogP contribution in [-0.2, 0) is 4.79 Å². The number of carbonyl (C=O) groups is 1. The lowest BCUT2D eigenvalue weighted by atomic mass is 10.1. The largest absolute Gasteiger partial charge is 0.364 e. The molecule has 1 saturated heterocycles. The SMILES string of the molecule is Cc1ccc(-c2nc3sc(N(C)CC(=O)NCCCN4CCCC4)nn3c2NC(C)(C)C)cc1. The first-order chi connectivity index (χ1) is 16.2. The van der Waals surface area contributed by atoms with Crippen LogP contribution in [0.2, 0.25) is 0 Å². The molecule has 2 aromatic heterocycles. The van der Waals surface area contributed by atoms with Gasteiger partial charge in [0.2, 0.25) is 16.0 Å². The van der Waals surface area contributed by atoms with E-state index >= 15 is 0 Å². The predicted molar refractivity (Wildman–Crippen MR) is 141 cm³/mol. The number of likely N-dealkylation sites (N-methyl/N-ethyl adjacent to an activating group) is 1. The van der Waals surface area contributed by atoms with Gasteiger partial charge < -0.3 is 20.4 Å². The molecule has 4 rings (SSSR count). The van der Waals surface area contributed by atoms with E-state index < -0.39 is 0 Å². The predicted octanol–water partition coefficient (Wildman–Crippen LogP) is 4.01. The Morgan fingerprint density at radius 3 is 2.56 bits per heavy atom. The topological polar surface area (TPSA) is 77.8 Å². The number of aromatic nitrogens is 3. The number of fused-ring (bicyclic) bond motifs is 1. The van der Waals surface area contributed by atoms with Crippen LogP contribution < -0.4 is 15.5 Å². The third-order valence-corrected chi connectivity index (χ3v) is 6.91. The fourth-order valence-electron chi connectivity index (χ4n) is 4.15. The van der Waals surface area contributed by atoms with Gasteiger partial charge in [0.05, 0.1) is 6.54 Å². The molecule has 8 nitrogen and oxygen atoms in total. The van der Waals surface area contributed by atoms with Crippen LogP contribution in [0.25, 0.3) is 16.2 Å². The average molecular weight is 484 g/mol. The number of amides is 1. The summed E-state index contributed by atoms with van der Waals surface area (Å²) in [6.45, 7) is 12.9. The van der Waals surface area contributed by atoms with Crippen LogP contribution in [0.15, 0.2) is 24.3 Å². The van der Waals surface area contributed by atoms with Gasteiger partial charge in [-0.15, -0.1) is 5.10 Å². The number of anilines is 2. The smallest absolute Gasteiger partial charge is 0.239 e. The molecule has 0 saturated carbocycles. The molecule has 0 spiro atoms. The summed E-state index contributed by atoms with van der Waals surface area (Å²) in [5.74, 6) is 0.888. The second kappa shape index (κ2) is 10.3. The van der Waals surface area contributed by atoms with Crippen molar-refractivity contribution in [1.29, 1.82) is 0 Å². The number of carbonyl (C=O) groups excluding carboxylic acids is 1. The lowest BCUT2D eigenvalue weighted by Crippen LogP contribution is -2.36. The van der Waals surface area contributed by atoms with Gasteiger partial charge in [0.1, 0.15) is 5.69 Å². The molecule has 1 fully saturated rings. The van der Waals surface area contributed by atoms with E-state index in [2.05, 4.69) is 67.5 Å². The van der Waals surface area contributed by atoms with Gasteiger partial charge >= 0.3 is 0 Å². The first-order valence-electron chi connectivity index (χ1n) is 12.1. The zero-order valence-electron chi connectivity index (χ0n) is 21.0. The third-order valence-electron chi connectivity index (χ3n) is 5.89.